The zero-order chi connectivity index (χ0) is 24.0. The van der Waals surface area contributed by atoms with Crippen LogP contribution < -0.4 is 5.32 Å². The first-order valence-electron chi connectivity index (χ1n) is 9.85. The molecular weight excluding hydrogens is 443 g/mol. The molecule has 1 heterocycles. The zero-order valence-corrected chi connectivity index (χ0v) is 17.3. The Balaban J connectivity index is 1.57. The molecule has 0 spiro atoms. The number of hydrogen-bond acceptors (Lipinski definition) is 5. The lowest BCUT2D eigenvalue weighted by molar-refractivity contribution is -0.164. The molecule has 2 aromatic rings. The number of benzene rings is 2. The van der Waals surface area contributed by atoms with Crippen LogP contribution in [0.1, 0.15) is 21.5 Å². The van der Waals surface area contributed by atoms with E-state index in [1.54, 1.807) is 30.3 Å². The molecule has 0 saturated carbocycles. The molecule has 0 unspecified atom stereocenters. The summed E-state index contributed by atoms with van der Waals surface area (Å²) in [6.45, 7) is -2.67. The van der Waals surface area contributed by atoms with Crippen LogP contribution in [0, 0.1) is 0 Å². The maximum atomic E-state index is 12.9. The highest BCUT2D eigenvalue weighted by Gasteiger charge is 2.33. The lowest BCUT2D eigenvalue weighted by Gasteiger charge is -2.24. The fourth-order valence-electron chi connectivity index (χ4n) is 3.10. The molecule has 2 aromatic carbocycles. The fourth-order valence-corrected chi connectivity index (χ4v) is 3.10. The van der Waals surface area contributed by atoms with Gasteiger partial charge < -0.3 is 15.0 Å². The average molecular weight is 463 g/mol. The maximum absolute atomic E-state index is 12.9. The third-order valence-electron chi connectivity index (χ3n) is 4.73. The second-order valence-corrected chi connectivity index (χ2v) is 7.26. The Morgan fingerprint density at radius 2 is 1.67 bits per heavy atom. The average Bonchev–Trinajstić information content (AvgIpc) is 3.09. The van der Waals surface area contributed by atoms with Crippen molar-refractivity contribution in [2.45, 2.75) is 19.3 Å². The lowest BCUT2D eigenvalue weighted by Crippen LogP contribution is -2.40. The summed E-state index contributed by atoms with van der Waals surface area (Å²) in [6, 6.07) is 13.4. The first-order valence-corrected chi connectivity index (χ1v) is 9.85. The standard InChI is InChI=1S/C22H20F3N3O5/c23-22(24,25)14-27(11-15-4-2-1-3-5-15)19(30)13-33-20(31)17-8-6-16(7-9-17)12-28-18(29)10-26-21(28)32/h1-9H,10-14H2,(H,26,32). The predicted octanol–water partition coefficient (Wildman–Crippen LogP) is 2.49. The molecule has 0 aromatic heterocycles. The van der Waals surface area contributed by atoms with Crippen LogP contribution in [0.4, 0.5) is 18.0 Å². The highest BCUT2D eigenvalue weighted by molar-refractivity contribution is 6.01. The number of nitrogens with zero attached hydrogens (tertiary/aromatic N) is 2. The maximum Gasteiger partial charge on any atom is 0.406 e. The minimum atomic E-state index is -4.61. The third kappa shape index (κ3) is 6.79. The zero-order valence-electron chi connectivity index (χ0n) is 17.3. The van der Waals surface area contributed by atoms with Crippen LogP contribution >= 0.6 is 0 Å². The molecule has 33 heavy (non-hydrogen) atoms. The van der Waals surface area contributed by atoms with Gasteiger partial charge >= 0.3 is 18.2 Å². The molecule has 174 valence electrons. The van der Waals surface area contributed by atoms with Crippen LogP contribution in [0.5, 0.6) is 0 Å². The molecule has 1 aliphatic rings. The van der Waals surface area contributed by atoms with E-state index in [1.165, 1.54) is 24.3 Å². The molecule has 0 aliphatic carbocycles. The van der Waals surface area contributed by atoms with Crippen LogP contribution in [-0.4, -0.2) is 59.5 Å². The van der Waals surface area contributed by atoms with Gasteiger partial charge in [-0.25, -0.2) is 9.59 Å². The summed E-state index contributed by atoms with van der Waals surface area (Å²) in [7, 11) is 0. The van der Waals surface area contributed by atoms with Gasteiger partial charge in [0.15, 0.2) is 6.61 Å². The molecule has 0 bridgehead atoms. The lowest BCUT2D eigenvalue weighted by atomic mass is 10.1. The molecule has 1 aliphatic heterocycles. The number of amides is 4. The van der Waals surface area contributed by atoms with Gasteiger partial charge in [-0.05, 0) is 23.3 Å². The van der Waals surface area contributed by atoms with Crippen LogP contribution in [0.25, 0.3) is 0 Å². The highest BCUT2D eigenvalue weighted by Crippen LogP contribution is 2.19. The van der Waals surface area contributed by atoms with Crippen molar-refractivity contribution in [2.24, 2.45) is 0 Å². The van der Waals surface area contributed by atoms with Crippen LogP contribution in [-0.2, 0) is 27.4 Å². The van der Waals surface area contributed by atoms with E-state index >= 15 is 0 Å². The largest absolute Gasteiger partial charge is 0.452 e. The normalized spacial score (nSPS) is 13.6. The number of alkyl halides is 3. The van der Waals surface area contributed by atoms with Gasteiger partial charge in [0.2, 0.25) is 5.91 Å². The Kier molecular flexibility index (Phi) is 7.31. The molecule has 8 nitrogen and oxygen atoms in total. The van der Waals surface area contributed by atoms with Gasteiger partial charge in [0.05, 0.1) is 18.7 Å². The monoisotopic (exact) mass is 463 g/mol. The van der Waals surface area contributed by atoms with Crippen molar-refractivity contribution in [3.05, 3.63) is 71.3 Å². The molecule has 3 rings (SSSR count). The molecular formula is C22H20F3N3O5. The second-order valence-electron chi connectivity index (χ2n) is 7.26. The summed E-state index contributed by atoms with van der Waals surface area (Å²) < 4.78 is 43.6. The van der Waals surface area contributed by atoms with Crippen molar-refractivity contribution < 1.29 is 37.1 Å². The van der Waals surface area contributed by atoms with E-state index in [0.29, 0.717) is 16.0 Å². The van der Waals surface area contributed by atoms with Gasteiger partial charge in [-0.3, -0.25) is 14.5 Å². The van der Waals surface area contributed by atoms with Crippen molar-refractivity contribution >= 4 is 23.8 Å². The molecule has 0 atom stereocenters. The van der Waals surface area contributed by atoms with Gasteiger partial charge in [0, 0.05) is 6.54 Å². The van der Waals surface area contributed by atoms with E-state index in [4.69, 9.17) is 4.74 Å². The van der Waals surface area contributed by atoms with Crippen molar-refractivity contribution in [3.8, 4) is 0 Å². The quantitative estimate of drug-likeness (QED) is 0.480. The Hall–Kier alpha value is -3.89. The Morgan fingerprint density at radius 3 is 2.24 bits per heavy atom. The number of esters is 1. The van der Waals surface area contributed by atoms with E-state index < -0.39 is 37.2 Å². The van der Waals surface area contributed by atoms with Crippen molar-refractivity contribution in [2.75, 3.05) is 19.7 Å². The summed E-state index contributed by atoms with van der Waals surface area (Å²) in [6.07, 6.45) is -4.61. The SMILES string of the molecule is O=C(OCC(=O)N(Cc1ccccc1)CC(F)(F)F)c1ccc(CN2C(=O)CNC2=O)cc1. The van der Waals surface area contributed by atoms with Crippen molar-refractivity contribution in [1.29, 1.82) is 0 Å². The van der Waals surface area contributed by atoms with E-state index in [0.717, 1.165) is 4.90 Å². The summed E-state index contributed by atoms with van der Waals surface area (Å²) in [4.78, 5) is 49.4. The van der Waals surface area contributed by atoms with Gasteiger partial charge in [-0.15, -0.1) is 0 Å². The number of urea groups is 1. The number of carbonyl (C=O) groups excluding carboxylic acids is 4. The first-order chi connectivity index (χ1) is 15.6. The Bertz CT molecular complexity index is 1010. The molecule has 1 fully saturated rings. The number of nitrogens with one attached hydrogen (secondary N) is 1. The van der Waals surface area contributed by atoms with E-state index in [1.807, 2.05) is 0 Å². The Labute approximate surface area is 186 Å². The minimum absolute atomic E-state index is 0.0182. The highest BCUT2D eigenvalue weighted by atomic mass is 19.4. The third-order valence-corrected chi connectivity index (χ3v) is 4.73. The Morgan fingerprint density at radius 1 is 1.00 bits per heavy atom. The summed E-state index contributed by atoms with van der Waals surface area (Å²) >= 11 is 0. The van der Waals surface area contributed by atoms with Gasteiger partial charge in [0.1, 0.15) is 6.54 Å². The first kappa shape index (κ1) is 23.8. The molecule has 4 amide bonds. The van der Waals surface area contributed by atoms with E-state index in [-0.39, 0.29) is 31.1 Å². The fraction of sp³-hybridized carbons (Fsp3) is 0.273. The topological polar surface area (TPSA) is 96.0 Å². The number of rotatable bonds is 8. The van der Waals surface area contributed by atoms with Gasteiger partial charge in [0.25, 0.3) is 5.91 Å². The van der Waals surface area contributed by atoms with Crippen LogP contribution in [0.3, 0.4) is 0 Å². The summed E-state index contributed by atoms with van der Waals surface area (Å²) in [5.41, 5.74) is 1.14. The predicted molar refractivity (Wildman–Crippen MR) is 109 cm³/mol. The molecule has 1 saturated heterocycles. The molecule has 0 radical (unpaired) electrons. The number of ether oxygens (including phenoxy) is 1. The number of imide groups is 1. The number of halogens is 3. The number of carbonyl (C=O) groups is 4. The summed E-state index contributed by atoms with van der Waals surface area (Å²) in [5, 5.41) is 2.39. The molecule has 11 heteroatoms. The van der Waals surface area contributed by atoms with E-state index in [9.17, 15) is 32.3 Å². The van der Waals surface area contributed by atoms with Crippen molar-refractivity contribution in [3.63, 3.8) is 0 Å². The van der Waals surface area contributed by atoms with Gasteiger partial charge in [-0.2, -0.15) is 13.2 Å². The molecule has 1 N–H and O–H groups in total. The van der Waals surface area contributed by atoms with Crippen LogP contribution in [0.2, 0.25) is 0 Å². The van der Waals surface area contributed by atoms with E-state index in [2.05, 4.69) is 5.32 Å². The van der Waals surface area contributed by atoms with Crippen molar-refractivity contribution in [1.82, 2.24) is 15.1 Å². The van der Waals surface area contributed by atoms with Gasteiger partial charge in [-0.1, -0.05) is 42.5 Å². The number of hydrogen-bond donors (Lipinski definition) is 1. The van der Waals surface area contributed by atoms with Crippen LogP contribution in [0.15, 0.2) is 54.6 Å². The summed E-state index contributed by atoms with van der Waals surface area (Å²) in [5.74, 6) is -2.25. The second kappa shape index (κ2) is 10.2. The smallest absolute Gasteiger partial charge is 0.406 e. The minimum Gasteiger partial charge on any atom is -0.452 e.